The van der Waals surface area contributed by atoms with E-state index in [1.54, 1.807) is 0 Å². The molecule has 1 fully saturated rings. The second-order valence-electron chi connectivity index (χ2n) is 4.97. The van der Waals surface area contributed by atoms with Crippen LogP contribution >= 0.6 is 11.6 Å². The maximum Gasteiger partial charge on any atom is 0.103 e. The van der Waals surface area contributed by atoms with Crippen LogP contribution in [0.4, 0.5) is 0 Å². The average molecular weight is 240 g/mol. The van der Waals surface area contributed by atoms with E-state index in [1.165, 1.54) is 0 Å². The van der Waals surface area contributed by atoms with Crippen LogP contribution in [0.5, 0.6) is 0 Å². The van der Waals surface area contributed by atoms with Crippen LogP contribution in [-0.2, 0) is 5.60 Å². The molecule has 0 bridgehead atoms. The van der Waals surface area contributed by atoms with Gasteiger partial charge in [-0.3, -0.25) is 0 Å². The number of benzene rings is 1. The van der Waals surface area contributed by atoms with Crippen LogP contribution in [0.2, 0.25) is 5.02 Å². The monoisotopic (exact) mass is 239 g/mol. The Bertz CT molecular complexity index is 363. The summed E-state index contributed by atoms with van der Waals surface area (Å²) in [6.07, 6.45) is 0.770. The first-order valence-corrected chi connectivity index (χ1v) is 6.11. The molecule has 1 aliphatic heterocycles. The molecule has 1 saturated heterocycles. The van der Waals surface area contributed by atoms with E-state index < -0.39 is 5.60 Å². The smallest absolute Gasteiger partial charge is 0.103 e. The van der Waals surface area contributed by atoms with E-state index in [0.29, 0.717) is 23.5 Å². The minimum atomic E-state index is -0.737. The van der Waals surface area contributed by atoms with Crippen LogP contribution < -0.4 is 5.32 Å². The Morgan fingerprint density at radius 3 is 2.50 bits per heavy atom. The van der Waals surface area contributed by atoms with Crippen molar-refractivity contribution in [2.24, 2.45) is 5.92 Å². The topological polar surface area (TPSA) is 32.3 Å². The highest BCUT2D eigenvalue weighted by Crippen LogP contribution is 2.33. The predicted molar refractivity (Wildman–Crippen MR) is 66.6 cm³/mol. The molecule has 0 amide bonds. The minimum Gasteiger partial charge on any atom is -0.384 e. The third-order valence-electron chi connectivity index (χ3n) is 3.40. The van der Waals surface area contributed by atoms with Gasteiger partial charge >= 0.3 is 0 Å². The number of halogens is 1. The molecule has 88 valence electrons. The molecular weight excluding hydrogens is 222 g/mol. The summed E-state index contributed by atoms with van der Waals surface area (Å²) in [5.74, 6) is 0.543. The lowest BCUT2D eigenvalue weighted by atomic mass is 9.88. The Balaban J connectivity index is 2.18. The summed E-state index contributed by atoms with van der Waals surface area (Å²) in [6.45, 7) is 4.97. The van der Waals surface area contributed by atoms with E-state index in [0.717, 1.165) is 12.0 Å². The lowest BCUT2D eigenvalue weighted by Gasteiger charge is -2.23. The number of β-amino-alcohol motifs (C(OH)–C–C–N with tert-alkyl or cyclic N) is 1. The molecule has 2 atom stereocenters. The molecule has 1 aliphatic rings. The number of nitrogens with one attached hydrogen (secondary N) is 1. The molecule has 0 aromatic heterocycles. The van der Waals surface area contributed by atoms with Crippen molar-refractivity contribution in [3.05, 3.63) is 34.9 Å². The van der Waals surface area contributed by atoms with Gasteiger partial charge in [0.25, 0.3) is 0 Å². The van der Waals surface area contributed by atoms with Gasteiger partial charge in [-0.25, -0.2) is 0 Å². The Hall–Kier alpha value is -0.570. The van der Waals surface area contributed by atoms with Crippen molar-refractivity contribution < 1.29 is 5.11 Å². The second-order valence-corrected chi connectivity index (χ2v) is 5.41. The zero-order chi connectivity index (χ0) is 11.8. The first-order chi connectivity index (χ1) is 7.51. The lowest BCUT2D eigenvalue weighted by Crippen LogP contribution is -2.28. The molecule has 3 heteroatoms. The van der Waals surface area contributed by atoms with E-state index in [9.17, 15) is 5.11 Å². The van der Waals surface area contributed by atoms with Crippen molar-refractivity contribution in [2.75, 3.05) is 6.54 Å². The molecule has 2 rings (SSSR count). The van der Waals surface area contributed by atoms with Gasteiger partial charge in [-0.15, -0.1) is 0 Å². The van der Waals surface area contributed by atoms with Crippen LogP contribution in [-0.4, -0.2) is 17.7 Å². The third kappa shape index (κ3) is 2.24. The summed E-state index contributed by atoms with van der Waals surface area (Å²) in [6, 6.07) is 7.87. The summed E-state index contributed by atoms with van der Waals surface area (Å²) >= 11 is 5.85. The van der Waals surface area contributed by atoms with Crippen molar-refractivity contribution in [3.63, 3.8) is 0 Å². The molecule has 1 aromatic rings. The fourth-order valence-electron chi connectivity index (χ4n) is 2.26. The van der Waals surface area contributed by atoms with Crippen molar-refractivity contribution in [3.8, 4) is 0 Å². The molecule has 2 unspecified atom stereocenters. The molecule has 0 radical (unpaired) electrons. The standard InChI is InChI=1S/C13H18ClNO/c1-9(2)12-7-13(16,8-15-12)10-3-5-11(14)6-4-10/h3-6,9,12,15-16H,7-8H2,1-2H3. The van der Waals surface area contributed by atoms with Gasteiger partial charge in [0, 0.05) is 17.6 Å². The largest absolute Gasteiger partial charge is 0.384 e. The Morgan fingerprint density at radius 2 is 2.00 bits per heavy atom. The van der Waals surface area contributed by atoms with Crippen LogP contribution in [0.3, 0.4) is 0 Å². The zero-order valence-corrected chi connectivity index (χ0v) is 10.5. The molecule has 1 heterocycles. The van der Waals surface area contributed by atoms with Crippen molar-refractivity contribution in [1.29, 1.82) is 0 Å². The van der Waals surface area contributed by atoms with Gasteiger partial charge in [0.1, 0.15) is 5.60 Å². The quantitative estimate of drug-likeness (QED) is 0.832. The highest BCUT2D eigenvalue weighted by atomic mass is 35.5. The lowest BCUT2D eigenvalue weighted by molar-refractivity contribution is 0.0544. The van der Waals surface area contributed by atoms with E-state index in [2.05, 4.69) is 19.2 Å². The van der Waals surface area contributed by atoms with Crippen LogP contribution in [0.25, 0.3) is 0 Å². The molecule has 2 nitrogen and oxygen atoms in total. The highest BCUT2D eigenvalue weighted by molar-refractivity contribution is 6.30. The van der Waals surface area contributed by atoms with Crippen molar-refractivity contribution in [1.82, 2.24) is 5.32 Å². The molecular formula is C13H18ClNO. The summed E-state index contributed by atoms with van der Waals surface area (Å²) in [4.78, 5) is 0. The molecule has 2 N–H and O–H groups in total. The van der Waals surface area contributed by atoms with Gasteiger partial charge in [-0.1, -0.05) is 37.6 Å². The van der Waals surface area contributed by atoms with E-state index in [1.807, 2.05) is 24.3 Å². The minimum absolute atomic E-state index is 0.390. The second kappa shape index (κ2) is 4.36. The molecule has 0 saturated carbocycles. The van der Waals surface area contributed by atoms with Crippen LogP contribution in [0.1, 0.15) is 25.8 Å². The molecule has 16 heavy (non-hydrogen) atoms. The normalized spacial score (nSPS) is 29.9. The average Bonchev–Trinajstić information content (AvgIpc) is 2.63. The summed E-state index contributed by atoms with van der Waals surface area (Å²) < 4.78 is 0. The maximum absolute atomic E-state index is 10.6. The van der Waals surface area contributed by atoms with E-state index in [4.69, 9.17) is 11.6 Å². The highest BCUT2D eigenvalue weighted by Gasteiger charge is 2.39. The first kappa shape index (κ1) is 11.9. The third-order valence-corrected chi connectivity index (χ3v) is 3.65. The maximum atomic E-state index is 10.6. The van der Waals surface area contributed by atoms with Gasteiger partial charge in [0.15, 0.2) is 0 Å². The SMILES string of the molecule is CC(C)C1CC(O)(c2ccc(Cl)cc2)CN1. The molecule has 0 aliphatic carbocycles. The Kier molecular flexibility index (Phi) is 3.24. The van der Waals surface area contributed by atoms with Crippen molar-refractivity contribution >= 4 is 11.6 Å². The fraction of sp³-hybridized carbons (Fsp3) is 0.538. The van der Waals surface area contributed by atoms with E-state index >= 15 is 0 Å². The van der Waals surface area contributed by atoms with Gasteiger partial charge < -0.3 is 10.4 Å². The fourth-order valence-corrected chi connectivity index (χ4v) is 2.39. The summed E-state index contributed by atoms with van der Waals surface area (Å²) in [7, 11) is 0. The van der Waals surface area contributed by atoms with Gasteiger partial charge in [-0.2, -0.15) is 0 Å². The van der Waals surface area contributed by atoms with Crippen molar-refractivity contribution in [2.45, 2.75) is 31.9 Å². The number of hydrogen-bond acceptors (Lipinski definition) is 2. The predicted octanol–water partition coefficient (Wildman–Crippen LogP) is 2.55. The molecule has 0 spiro atoms. The summed E-state index contributed by atoms with van der Waals surface area (Å²) in [5.41, 5.74) is 0.215. The van der Waals surface area contributed by atoms with Gasteiger partial charge in [0.2, 0.25) is 0 Å². The van der Waals surface area contributed by atoms with Crippen LogP contribution in [0.15, 0.2) is 24.3 Å². The zero-order valence-electron chi connectivity index (χ0n) is 9.70. The van der Waals surface area contributed by atoms with Gasteiger partial charge in [0.05, 0.1) is 0 Å². The Morgan fingerprint density at radius 1 is 1.38 bits per heavy atom. The van der Waals surface area contributed by atoms with Gasteiger partial charge in [-0.05, 0) is 30.0 Å². The number of aliphatic hydroxyl groups is 1. The first-order valence-electron chi connectivity index (χ1n) is 5.73. The van der Waals surface area contributed by atoms with Crippen LogP contribution in [0, 0.1) is 5.92 Å². The Labute approximate surface area is 102 Å². The summed E-state index contributed by atoms with van der Waals surface area (Å²) in [5, 5.41) is 14.7. The molecule has 1 aromatic carbocycles. The number of rotatable bonds is 2. The van der Waals surface area contributed by atoms with E-state index in [-0.39, 0.29) is 0 Å². The number of hydrogen-bond donors (Lipinski definition) is 2.